The highest BCUT2D eigenvalue weighted by atomic mass is 16.1. The second kappa shape index (κ2) is 7.02. The molecule has 0 saturated heterocycles. The van der Waals surface area contributed by atoms with Crippen LogP contribution in [0, 0.1) is 0 Å². The van der Waals surface area contributed by atoms with Crippen LogP contribution >= 0.6 is 0 Å². The molecule has 0 spiro atoms. The molecular weight excluding hydrogens is 262 g/mol. The van der Waals surface area contributed by atoms with Crippen LogP contribution in [0.2, 0.25) is 0 Å². The molecule has 0 aliphatic rings. The van der Waals surface area contributed by atoms with E-state index < -0.39 is 0 Å². The maximum Gasteiger partial charge on any atom is 0.251 e. The van der Waals surface area contributed by atoms with E-state index in [4.69, 9.17) is 11.5 Å². The lowest BCUT2D eigenvalue weighted by molar-refractivity contribution is 0.0941. The zero-order chi connectivity index (χ0) is 15.2. The van der Waals surface area contributed by atoms with E-state index in [0.717, 1.165) is 16.7 Å². The summed E-state index contributed by atoms with van der Waals surface area (Å²) in [5, 5.41) is 2.84. The molecule has 0 aliphatic carbocycles. The number of amides is 1. The molecule has 0 heterocycles. The number of carbonyl (C=O) groups excluding carboxylic acids is 1. The molecule has 110 valence electrons. The first-order valence-corrected chi connectivity index (χ1v) is 7.04. The third-order valence-corrected chi connectivity index (χ3v) is 3.37. The van der Waals surface area contributed by atoms with Gasteiger partial charge in [-0.2, -0.15) is 0 Å². The molecule has 1 atom stereocenters. The second-order valence-electron chi connectivity index (χ2n) is 5.09. The molecule has 0 unspecified atom stereocenters. The number of hydrogen-bond donors (Lipinski definition) is 3. The molecule has 0 fully saturated rings. The van der Waals surface area contributed by atoms with Crippen molar-refractivity contribution < 1.29 is 4.79 Å². The van der Waals surface area contributed by atoms with Crippen molar-refractivity contribution in [2.75, 3.05) is 6.54 Å². The summed E-state index contributed by atoms with van der Waals surface area (Å²) in [5.74, 6) is -0.102. The van der Waals surface area contributed by atoms with Crippen LogP contribution in [0.25, 0.3) is 11.1 Å². The third-order valence-electron chi connectivity index (χ3n) is 3.37. The first-order valence-electron chi connectivity index (χ1n) is 7.04. The van der Waals surface area contributed by atoms with E-state index in [1.54, 1.807) is 0 Å². The van der Waals surface area contributed by atoms with Crippen LogP contribution in [0.5, 0.6) is 0 Å². The fourth-order valence-electron chi connectivity index (χ4n) is 2.06. The number of hydrogen-bond acceptors (Lipinski definition) is 3. The van der Waals surface area contributed by atoms with Gasteiger partial charge in [-0.3, -0.25) is 4.79 Å². The fraction of sp³-hybridized carbons (Fsp3) is 0.235. The average molecular weight is 283 g/mol. The van der Waals surface area contributed by atoms with E-state index in [9.17, 15) is 4.79 Å². The zero-order valence-corrected chi connectivity index (χ0v) is 12.2. The SMILES string of the molecule is C[C@@H](CN)NC(=O)c1ccc(-c2cccc(CN)c2)cc1. The Balaban J connectivity index is 2.16. The molecular formula is C17H21N3O. The van der Waals surface area contributed by atoms with Gasteiger partial charge in [0.15, 0.2) is 0 Å². The van der Waals surface area contributed by atoms with Gasteiger partial charge in [0.2, 0.25) is 0 Å². The van der Waals surface area contributed by atoms with Crippen LogP contribution in [0.1, 0.15) is 22.8 Å². The van der Waals surface area contributed by atoms with E-state index in [-0.39, 0.29) is 11.9 Å². The molecule has 1 amide bonds. The Kier molecular flexibility index (Phi) is 5.09. The highest BCUT2D eigenvalue weighted by Gasteiger charge is 2.08. The van der Waals surface area contributed by atoms with E-state index >= 15 is 0 Å². The summed E-state index contributed by atoms with van der Waals surface area (Å²) in [7, 11) is 0. The zero-order valence-electron chi connectivity index (χ0n) is 12.2. The molecule has 0 saturated carbocycles. The molecule has 2 rings (SSSR count). The first-order chi connectivity index (χ1) is 10.1. The normalized spacial score (nSPS) is 12.0. The van der Waals surface area contributed by atoms with Crippen LogP contribution < -0.4 is 16.8 Å². The number of rotatable bonds is 5. The lowest BCUT2D eigenvalue weighted by atomic mass is 10.0. The van der Waals surface area contributed by atoms with Gasteiger partial charge in [0, 0.05) is 24.7 Å². The van der Waals surface area contributed by atoms with E-state index in [1.165, 1.54) is 0 Å². The summed E-state index contributed by atoms with van der Waals surface area (Å²) in [5.41, 5.74) is 15.0. The van der Waals surface area contributed by atoms with Gasteiger partial charge in [-0.05, 0) is 41.8 Å². The van der Waals surface area contributed by atoms with Crippen LogP contribution in [0.4, 0.5) is 0 Å². The van der Waals surface area contributed by atoms with Crippen molar-refractivity contribution in [2.45, 2.75) is 19.5 Å². The lowest BCUT2D eigenvalue weighted by Crippen LogP contribution is -2.37. The van der Waals surface area contributed by atoms with Gasteiger partial charge in [0.1, 0.15) is 0 Å². The van der Waals surface area contributed by atoms with Gasteiger partial charge in [0.05, 0.1) is 0 Å². The van der Waals surface area contributed by atoms with Gasteiger partial charge in [-0.15, -0.1) is 0 Å². The van der Waals surface area contributed by atoms with Gasteiger partial charge in [-0.1, -0.05) is 30.3 Å². The van der Waals surface area contributed by atoms with Crippen LogP contribution in [0.15, 0.2) is 48.5 Å². The van der Waals surface area contributed by atoms with Gasteiger partial charge < -0.3 is 16.8 Å². The van der Waals surface area contributed by atoms with Crippen molar-refractivity contribution in [1.82, 2.24) is 5.32 Å². The fourth-order valence-corrected chi connectivity index (χ4v) is 2.06. The van der Waals surface area contributed by atoms with Crippen LogP contribution in [0.3, 0.4) is 0 Å². The molecule has 4 heteroatoms. The molecule has 2 aromatic carbocycles. The molecule has 2 aromatic rings. The number of benzene rings is 2. The summed E-state index contributed by atoms with van der Waals surface area (Å²) in [6.45, 7) is 2.82. The molecule has 0 aromatic heterocycles. The first kappa shape index (κ1) is 15.2. The predicted molar refractivity (Wildman–Crippen MR) is 85.8 cm³/mol. The molecule has 0 bridgehead atoms. The summed E-state index contributed by atoms with van der Waals surface area (Å²) >= 11 is 0. The Morgan fingerprint density at radius 2 is 1.81 bits per heavy atom. The van der Waals surface area contributed by atoms with Crippen molar-refractivity contribution in [3.05, 3.63) is 59.7 Å². The summed E-state index contributed by atoms with van der Waals surface area (Å²) in [6, 6.07) is 15.6. The molecule has 21 heavy (non-hydrogen) atoms. The molecule has 4 nitrogen and oxygen atoms in total. The van der Waals surface area contributed by atoms with E-state index in [2.05, 4.69) is 11.4 Å². The number of nitrogens with one attached hydrogen (secondary N) is 1. The highest BCUT2D eigenvalue weighted by Crippen LogP contribution is 2.21. The Morgan fingerprint density at radius 3 is 2.43 bits per heavy atom. The highest BCUT2D eigenvalue weighted by molar-refractivity contribution is 5.94. The van der Waals surface area contributed by atoms with Gasteiger partial charge in [-0.25, -0.2) is 0 Å². The van der Waals surface area contributed by atoms with Crippen molar-refractivity contribution in [2.24, 2.45) is 11.5 Å². The molecule has 0 aliphatic heterocycles. The minimum absolute atomic E-state index is 0.0292. The maximum absolute atomic E-state index is 12.0. The Bertz CT molecular complexity index is 608. The van der Waals surface area contributed by atoms with Crippen molar-refractivity contribution in [3.63, 3.8) is 0 Å². The van der Waals surface area contributed by atoms with Crippen molar-refractivity contribution in [3.8, 4) is 11.1 Å². The van der Waals surface area contributed by atoms with Crippen LogP contribution in [-0.4, -0.2) is 18.5 Å². The van der Waals surface area contributed by atoms with Crippen molar-refractivity contribution >= 4 is 5.91 Å². The summed E-state index contributed by atoms with van der Waals surface area (Å²) < 4.78 is 0. The minimum Gasteiger partial charge on any atom is -0.348 e. The van der Waals surface area contributed by atoms with Gasteiger partial charge >= 0.3 is 0 Å². The predicted octanol–water partition coefficient (Wildman–Crippen LogP) is 1.89. The van der Waals surface area contributed by atoms with E-state index in [1.807, 2.05) is 49.4 Å². The quantitative estimate of drug-likeness (QED) is 0.783. The van der Waals surface area contributed by atoms with Crippen molar-refractivity contribution in [1.29, 1.82) is 0 Å². The number of carbonyl (C=O) groups is 1. The minimum atomic E-state index is -0.102. The number of nitrogens with two attached hydrogens (primary N) is 2. The topological polar surface area (TPSA) is 81.1 Å². The standard InChI is InChI=1S/C17H21N3O/c1-12(10-18)20-17(21)15-7-5-14(6-8-15)16-4-2-3-13(9-16)11-19/h2-9,12H,10-11,18-19H2,1H3,(H,20,21)/t12-/m0/s1. The smallest absolute Gasteiger partial charge is 0.251 e. The Labute approximate surface area is 125 Å². The lowest BCUT2D eigenvalue weighted by Gasteiger charge is -2.11. The Hall–Kier alpha value is -2.17. The van der Waals surface area contributed by atoms with Gasteiger partial charge in [0.25, 0.3) is 5.91 Å². The molecule has 5 N–H and O–H groups in total. The monoisotopic (exact) mass is 283 g/mol. The maximum atomic E-state index is 12.0. The second-order valence-corrected chi connectivity index (χ2v) is 5.09. The third kappa shape index (κ3) is 3.90. The summed E-state index contributed by atoms with van der Waals surface area (Å²) in [4.78, 5) is 12.0. The largest absolute Gasteiger partial charge is 0.348 e. The van der Waals surface area contributed by atoms with E-state index in [0.29, 0.717) is 18.7 Å². The summed E-state index contributed by atoms with van der Waals surface area (Å²) in [6.07, 6.45) is 0. The average Bonchev–Trinajstić information content (AvgIpc) is 2.54. The Morgan fingerprint density at radius 1 is 1.10 bits per heavy atom. The van der Waals surface area contributed by atoms with Crippen LogP contribution in [-0.2, 0) is 6.54 Å². The molecule has 0 radical (unpaired) electrons.